The van der Waals surface area contributed by atoms with Crippen LogP contribution >= 0.6 is 0 Å². The molecule has 3 aliphatic rings. The Bertz CT molecular complexity index is 435. The molecule has 3 unspecified atom stereocenters. The summed E-state index contributed by atoms with van der Waals surface area (Å²) in [5, 5.41) is 0. The van der Waals surface area contributed by atoms with E-state index < -0.39 is 0 Å². The first-order valence-corrected chi connectivity index (χ1v) is 7.59. The molecule has 3 atom stereocenters. The zero-order valence-corrected chi connectivity index (χ0v) is 12.6. The molecule has 0 bridgehead atoms. The zero-order chi connectivity index (χ0) is 14.5. The average molecular weight is 280 g/mol. The number of fused-ring (bicyclic) bond motifs is 1. The van der Waals surface area contributed by atoms with Gasteiger partial charge < -0.3 is 14.5 Å². The first kappa shape index (κ1) is 13.9. The minimum Gasteiger partial charge on any atom is -0.381 e. The summed E-state index contributed by atoms with van der Waals surface area (Å²) in [7, 11) is 1.72. The molecule has 2 heterocycles. The zero-order valence-electron chi connectivity index (χ0n) is 12.6. The molecule has 0 aromatic heterocycles. The molecule has 2 saturated heterocycles. The van der Waals surface area contributed by atoms with E-state index in [1.807, 2.05) is 4.90 Å². The lowest BCUT2D eigenvalue weighted by Crippen LogP contribution is -2.70. The molecule has 0 aromatic rings. The van der Waals surface area contributed by atoms with Crippen LogP contribution in [0.2, 0.25) is 0 Å². The summed E-state index contributed by atoms with van der Waals surface area (Å²) in [5.41, 5.74) is -0.0679. The van der Waals surface area contributed by atoms with Crippen LogP contribution in [0.1, 0.15) is 39.5 Å². The summed E-state index contributed by atoms with van der Waals surface area (Å²) < 4.78 is 5.46. The Hall–Kier alpha value is -1.10. The fourth-order valence-electron chi connectivity index (χ4n) is 4.05. The van der Waals surface area contributed by atoms with Crippen LogP contribution in [0.15, 0.2) is 0 Å². The molecule has 5 nitrogen and oxygen atoms in total. The van der Waals surface area contributed by atoms with Crippen molar-refractivity contribution >= 4 is 11.8 Å². The number of hydrogen-bond donors (Lipinski definition) is 0. The molecule has 20 heavy (non-hydrogen) atoms. The smallest absolute Gasteiger partial charge is 0.246 e. The largest absolute Gasteiger partial charge is 0.381 e. The first-order chi connectivity index (χ1) is 9.46. The monoisotopic (exact) mass is 280 g/mol. The van der Waals surface area contributed by atoms with Gasteiger partial charge in [-0.25, -0.2) is 0 Å². The number of carbonyl (C=O) groups is 2. The van der Waals surface area contributed by atoms with Crippen molar-refractivity contribution in [3.05, 3.63) is 0 Å². The van der Waals surface area contributed by atoms with Gasteiger partial charge in [0.15, 0.2) is 0 Å². The number of hydrogen-bond acceptors (Lipinski definition) is 3. The Labute approximate surface area is 120 Å². The standard InChI is InChI=1S/C15H24N2O3/c1-15(2)11(8-12(15)20-3)17-9-13(18)16-7-5-4-6-10(16)14(17)19/h10-12H,4-9H2,1-3H3. The predicted octanol–water partition coefficient (Wildman–Crippen LogP) is 1.02. The highest BCUT2D eigenvalue weighted by atomic mass is 16.5. The Kier molecular flexibility index (Phi) is 3.27. The summed E-state index contributed by atoms with van der Waals surface area (Å²) in [4.78, 5) is 28.6. The van der Waals surface area contributed by atoms with Crippen molar-refractivity contribution < 1.29 is 14.3 Å². The third-order valence-corrected chi connectivity index (χ3v) is 5.48. The van der Waals surface area contributed by atoms with Crippen molar-refractivity contribution in [3.63, 3.8) is 0 Å². The number of piperidine rings is 1. The highest BCUT2D eigenvalue weighted by Gasteiger charge is 2.55. The minimum absolute atomic E-state index is 0.0679. The van der Waals surface area contributed by atoms with E-state index in [9.17, 15) is 9.59 Å². The van der Waals surface area contributed by atoms with Gasteiger partial charge >= 0.3 is 0 Å². The summed E-state index contributed by atoms with van der Waals surface area (Å²) in [6.07, 6.45) is 3.91. The maximum absolute atomic E-state index is 12.7. The van der Waals surface area contributed by atoms with Gasteiger partial charge in [0.2, 0.25) is 11.8 Å². The van der Waals surface area contributed by atoms with E-state index in [0.29, 0.717) is 0 Å². The molecule has 5 heteroatoms. The SMILES string of the molecule is COC1CC(N2CC(=O)N3CCCCC3C2=O)C1(C)C. The third kappa shape index (κ3) is 1.86. The van der Waals surface area contributed by atoms with Crippen LogP contribution in [0.25, 0.3) is 0 Å². The second kappa shape index (κ2) is 4.72. The first-order valence-electron chi connectivity index (χ1n) is 7.59. The van der Waals surface area contributed by atoms with Gasteiger partial charge in [-0.2, -0.15) is 0 Å². The van der Waals surface area contributed by atoms with Crippen molar-refractivity contribution in [1.82, 2.24) is 9.80 Å². The van der Waals surface area contributed by atoms with E-state index in [-0.39, 0.29) is 42.0 Å². The highest BCUT2D eigenvalue weighted by Crippen LogP contribution is 2.46. The van der Waals surface area contributed by atoms with Gasteiger partial charge in [0.25, 0.3) is 0 Å². The van der Waals surface area contributed by atoms with Crippen molar-refractivity contribution in [2.45, 2.75) is 57.7 Å². The molecule has 1 saturated carbocycles. The van der Waals surface area contributed by atoms with Crippen molar-refractivity contribution in [2.24, 2.45) is 5.41 Å². The van der Waals surface area contributed by atoms with Gasteiger partial charge in [-0.1, -0.05) is 13.8 Å². The molecule has 112 valence electrons. The van der Waals surface area contributed by atoms with Crippen LogP contribution in [0.5, 0.6) is 0 Å². The van der Waals surface area contributed by atoms with Gasteiger partial charge in [0.05, 0.1) is 6.10 Å². The minimum atomic E-state index is -0.206. The molecule has 2 amide bonds. The molecule has 1 aliphatic carbocycles. The van der Waals surface area contributed by atoms with E-state index in [1.165, 1.54) is 0 Å². The number of methoxy groups -OCH3 is 1. The second-order valence-electron chi connectivity index (χ2n) is 6.86. The lowest BCUT2D eigenvalue weighted by Gasteiger charge is -2.57. The number of carbonyl (C=O) groups excluding carboxylic acids is 2. The van der Waals surface area contributed by atoms with E-state index in [2.05, 4.69) is 13.8 Å². The summed E-state index contributed by atoms with van der Waals surface area (Å²) in [5.74, 6) is 0.267. The fourth-order valence-corrected chi connectivity index (χ4v) is 4.05. The highest BCUT2D eigenvalue weighted by molar-refractivity contribution is 5.95. The van der Waals surface area contributed by atoms with E-state index in [4.69, 9.17) is 4.74 Å². The average Bonchev–Trinajstić information content (AvgIpc) is 2.43. The molecule has 0 N–H and O–H groups in total. The Morgan fingerprint density at radius 3 is 2.60 bits per heavy atom. The Balaban J connectivity index is 1.78. The third-order valence-electron chi connectivity index (χ3n) is 5.48. The van der Waals surface area contributed by atoms with Gasteiger partial charge in [0, 0.05) is 25.1 Å². The molecular formula is C15H24N2O3. The van der Waals surface area contributed by atoms with Gasteiger partial charge in [0.1, 0.15) is 12.6 Å². The van der Waals surface area contributed by atoms with Gasteiger partial charge in [-0.05, 0) is 25.7 Å². The van der Waals surface area contributed by atoms with Crippen molar-refractivity contribution in [1.29, 1.82) is 0 Å². The lowest BCUT2D eigenvalue weighted by molar-refractivity contribution is -0.180. The van der Waals surface area contributed by atoms with Crippen LogP contribution in [0, 0.1) is 5.41 Å². The molecule has 0 aromatic carbocycles. The predicted molar refractivity (Wildman–Crippen MR) is 74.0 cm³/mol. The molecular weight excluding hydrogens is 256 g/mol. The number of rotatable bonds is 2. The molecule has 2 aliphatic heterocycles. The van der Waals surface area contributed by atoms with Crippen LogP contribution in [-0.2, 0) is 14.3 Å². The van der Waals surface area contributed by atoms with Crippen LogP contribution in [0.3, 0.4) is 0 Å². The van der Waals surface area contributed by atoms with Crippen molar-refractivity contribution in [3.8, 4) is 0 Å². The van der Waals surface area contributed by atoms with Gasteiger partial charge in [-0.15, -0.1) is 0 Å². The summed E-state index contributed by atoms with van der Waals surface area (Å²) in [6, 6.07) is -0.0737. The maximum atomic E-state index is 12.7. The fraction of sp³-hybridized carbons (Fsp3) is 0.867. The quantitative estimate of drug-likeness (QED) is 0.759. The van der Waals surface area contributed by atoms with Crippen molar-refractivity contribution in [2.75, 3.05) is 20.2 Å². The molecule has 0 spiro atoms. The topological polar surface area (TPSA) is 49.9 Å². The summed E-state index contributed by atoms with van der Waals surface area (Å²) in [6.45, 7) is 5.25. The number of piperazine rings is 1. The maximum Gasteiger partial charge on any atom is 0.246 e. The number of nitrogens with zero attached hydrogens (tertiary/aromatic N) is 2. The Morgan fingerprint density at radius 2 is 1.95 bits per heavy atom. The lowest BCUT2D eigenvalue weighted by atomic mass is 9.63. The van der Waals surface area contributed by atoms with Crippen LogP contribution in [0.4, 0.5) is 0 Å². The number of amides is 2. The van der Waals surface area contributed by atoms with E-state index in [0.717, 1.165) is 32.2 Å². The summed E-state index contributed by atoms with van der Waals surface area (Å²) >= 11 is 0. The number of ether oxygens (including phenoxy) is 1. The second-order valence-corrected chi connectivity index (χ2v) is 6.86. The van der Waals surface area contributed by atoms with E-state index >= 15 is 0 Å². The van der Waals surface area contributed by atoms with Crippen LogP contribution in [-0.4, -0.2) is 60.0 Å². The van der Waals surface area contributed by atoms with Crippen LogP contribution < -0.4 is 0 Å². The normalized spacial score (nSPS) is 36.6. The Morgan fingerprint density at radius 1 is 1.20 bits per heavy atom. The molecule has 3 rings (SSSR count). The molecule has 3 fully saturated rings. The van der Waals surface area contributed by atoms with Gasteiger partial charge in [-0.3, -0.25) is 9.59 Å². The van der Waals surface area contributed by atoms with E-state index in [1.54, 1.807) is 12.0 Å². The molecule has 0 radical (unpaired) electrons.